The van der Waals surface area contributed by atoms with Gasteiger partial charge in [0.1, 0.15) is 11.5 Å². The van der Waals surface area contributed by atoms with Crippen LogP contribution in [0, 0.1) is 5.92 Å². The number of thiazole rings is 1. The average Bonchev–Trinajstić information content (AvgIpc) is 2.88. The zero-order valence-corrected chi connectivity index (χ0v) is 12.4. The quantitative estimate of drug-likeness (QED) is 0.855. The lowest BCUT2D eigenvalue weighted by atomic mass is 9.83. The van der Waals surface area contributed by atoms with Gasteiger partial charge < -0.3 is 10.2 Å². The molecular weight excluding hydrogens is 270 g/mol. The number of rotatable bonds is 2. The molecule has 0 saturated heterocycles. The third-order valence-electron chi connectivity index (χ3n) is 4.06. The number of hydrogen-bond acceptors (Lipinski definition) is 4. The van der Waals surface area contributed by atoms with Crippen LogP contribution in [-0.2, 0) is 0 Å². The summed E-state index contributed by atoms with van der Waals surface area (Å²) in [4.78, 5) is 4.71. The normalized spacial score (nSPS) is 22.9. The first-order chi connectivity index (χ1) is 9.63. The molecule has 0 amide bonds. The number of nitrogens with zero attached hydrogens (tertiary/aromatic N) is 1. The van der Waals surface area contributed by atoms with E-state index in [1.807, 2.05) is 5.38 Å². The summed E-state index contributed by atoms with van der Waals surface area (Å²) in [5.41, 5.74) is 1.50. The van der Waals surface area contributed by atoms with E-state index in [2.05, 4.69) is 6.92 Å². The van der Waals surface area contributed by atoms with Crippen LogP contribution in [0.3, 0.4) is 0 Å². The molecule has 3 rings (SSSR count). The highest BCUT2D eigenvalue weighted by molar-refractivity contribution is 7.10. The van der Waals surface area contributed by atoms with Crippen molar-refractivity contribution in [1.29, 1.82) is 0 Å². The largest absolute Gasteiger partial charge is 0.508 e. The number of hydrogen-bond donors (Lipinski definition) is 2. The molecule has 1 aromatic carbocycles. The van der Waals surface area contributed by atoms with Crippen molar-refractivity contribution in [3.63, 3.8) is 0 Å². The Kier molecular flexibility index (Phi) is 3.66. The molecule has 106 valence electrons. The summed E-state index contributed by atoms with van der Waals surface area (Å²) in [5.74, 6) is 1.50. The molecular formula is C16H19NO2S. The minimum absolute atomic E-state index is 0.0720. The Morgan fingerprint density at radius 2 is 2.10 bits per heavy atom. The van der Waals surface area contributed by atoms with Crippen LogP contribution in [0.2, 0.25) is 0 Å². The molecule has 4 heteroatoms. The lowest BCUT2D eigenvalue weighted by Crippen LogP contribution is -2.11. The van der Waals surface area contributed by atoms with E-state index in [1.165, 1.54) is 36.8 Å². The van der Waals surface area contributed by atoms with Gasteiger partial charge in [0.05, 0.1) is 10.7 Å². The summed E-state index contributed by atoms with van der Waals surface area (Å²) in [5, 5.41) is 22.4. The first-order valence-corrected chi connectivity index (χ1v) is 7.99. The smallest absolute Gasteiger partial charge is 0.128 e. The fraction of sp³-hybridized carbons (Fsp3) is 0.438. The molecule has 3 nitrogen and oxygen atoms in total. The van der Waals surface area contributed by atoms with E-state index in [0.29, 0.717) is 11.5 Å². The molecule has 2 atom stereocenters. The molecule has 1 aromatic heterocycles. The number of aromatic nitrogens is 1. The first kappa shape index (κ1) is 13.4. The lowest BCUT2D eigenvalue weighted by molar-refractivity contribution is 0.343. The summed E-state index contributed by atoms with van der Waals surface area (Å²) in [6.45, 7) is 2.31. The molecule has 1 saturated carbocycles. The predicted molar refractivity (Wildman–Crippen MR) is 81.3 cm³/mol. The zero-order chi connectivity index (χ0) is 14.1. The highest BCUT2D eigenvalue weighted by Gasteiger charge is 2.23. The van der Waals surface area contributed by atoms with Gasteiger partial charge in [-0.2, -0.15) is 0 Å². The minimum atomic E-state index is 0.0720. The number of aromatic hydroxyl groups is 2. The first-order valence-electron chi connectivity index (χ1n) is 7.11. The number of benzene rings is 1. The monoisotopic (exact) mass is 289 g/mol. The van der Waals surface area contributed by atoms with Crippen LogP contribution < -0.4 is 0 Å². The average molecular weight is 289 g/mol. The lowest BCUT2D eigenvalue weighted by Gasteiger charge is -2.24. The summed E-state index contributed by atoms with van der Waals surface area (Å²) in [6.07, 6.45) is 5.05. The Hall–Kier alpha value is -1.55. The summed E-state index contributed by atoms with van der Waals surface area (Å²) in [7, 11) is 0. The van der Waals surface area contributed by atoms with Gasteiger partial charge in [-0.1, -0.05) is 19.8 Å². The van der Waals surface area contributed by atoms with Crippen molar-refractivity contribution in [3.05, 3.63) is 28.6 Å². The second kappa shape index (κ2) is 5.44. The second-order valence-electron chi connectivity index (χ2n) is 5.74. The molecule has 1 fully saturated rings. The van der Waals surface area contributed by atoms with Crippen LogP contribution in [0.1, 0.15) is 43.5 Å². The standard InChI is InChI=1S/C16H19NO2S/c1-10-3-2-4-11(7-10)16-17-14(9-20-16)13-6-5-12(18)8-15(13)19/h5-6,8-11,18-19H,2-4,7H2,1H3/t10-,11?/m0/s1. The summed E-state index contributed by atoms with van der Waals surface area (Å²) >= 11 is 1.68. The second-order valence-corrected chi connectivity index (χ2v) is 6.63. The van der Waals surface area contributed by atoms with E-state index < -0.39 is 0 Å². The molecule has 0 bridgehead atoms. The van der Waals surface area contributed by atoms with E-state index in [1.54, 1.807) is 23.5 Å². The van der Waals surface area contributed by atoms with E-state index in [9.17, 15) is 10.2 Å². The van der Waals surface area contributed by atoms with Crippen LogP contribution in [-0.4, -0.2) is 15.2 Å². The van der Waals surface area contributed by atoms with Gasteiger partial charge in [-0.05, 0) is 30.9 Å². The molecule has 1 unspecified atom stereocenters. The van der Waals surface area contributed by atoms with Crippen LogP contribution in [0.25, 0.3) is 11.3 Å². The highest BCUT2D eigenvalue weighted by Crippen LogP contribution is 2.39. The van der Waals surface area contributed by atoms with Gasteiger partial charge in [0, 0.05) is 22.9 Å². The van der Waals surface area contributed by atoms with E-state index in [4.69, 9.17) is 4.98 Å². The van der Waals surface area contributed by atoms with Crippen molar-refractivity contribution in [1.82, 2.24) is 4.98 Å². The zero-order valence-electron chi connectivity index (χ0n) is 11.5. The Morgan fingerprint density at radius 1 is 1.25 bits per heavy atom. The van der Waals surface area contributed by atoms with E-state index in [0.717, 1.165) is 11.6 Å². The van der Waals surface area contributed by atoms with Gasteiger partial charge in [0.25, 0.3) is 0 Å². The minimum Gasteiger partial charge on any atom is -0.508 e. The van der Waals surface area contributed by atoms with Gasteiger partial charge in [0.15, 0.2) is 0 Å². The Balaban J connectivity index is 1.86. The molecule has 0 radical (unpaired) electrons. The maximum absolute atomic E-state index is 9.91. The van der Waals surface area contributed by atoms with Crippen molar-refractivity contribution in [3.8, 4) is 22.8 Å². The molecule has 1 aliphatic rings. The molecule has 0 spiro atoms. The van der Waals surface area contributed by atoms with Gasteiger partial charge in [0.2, 0.25) is 0 Å². The summed E-state index contributed by atoms with van der Waals surface area (Å²) in [6, 6.07) is 4.65. The van der Waals surface area contributed by atoms with Crippen molar-refractivity contribution in [2.45, 2.75) is 38.5 Å². The van der Waals surface area contributed by atoms with Gasteiger partial charge in [-0.15, -0.1) is 11.3 Å². The predicted octanol–water partition coefficient (Wildman–Crippen LogP) is 4.52. The Bertz CT molecular complexity index is 608. The Labute approximate surface area is 122 Å². The van der Waals surface area contributed by atoms with E-state index >= 15 is 0 Å². The van der Waals surface area contributed by atoms with Crippen LogP contribution >= 0.6 is 11.3 Å². The maximum atomic E-state index is 9.91. The van der Waals surface area contributed by atoms with Gasteiger partial charge in [-0.3, -0.25) is 0 Å². The molecule has 1 aliphatic carbocycles. The van der Waals surface area contributed by atoms with E-state index in [-0.39, 0.29) is 11.5 Å². The molecule has 20 heavy (non-hydrogen) atoms. The van der Waals surface area contributed by atoms with Crippen molar-refractivity contribution >= 4 is 11.3 Å². The third kappa shape index (κ3) is 2.66. The van der Waals surface area contributed by atoms with Crippen molar-refractivity contribution in [2.24, 2.45) is 5.92 Å². The van der Waals surface area contributed by atoms with Crippen LogP contribution in [0.4, 0.5) is 0 Å². The van der Waals surface area contributed by atoms with Gasteiger partial charge >= 0.3 is 0 Å². The van der Waals surface area contributed by atoms with Crippen LogP contribution in [0.5, 0.6) is 11.5 Å². The fourth-order valence-corrected chi connectivity index (χ4v) is 3.96. The SMILES string of the molecule is C[C@H]1CCCC(c2nc(-c3ccc(O)cc3O)cs2)C1. The molecule has 2 aromatic rings. The van der Waals surface area contributed by atoms with Crippen LogP contribution in [0.15, 0.2) is 23.6 Å². The third-order valence-corrected chi connectivity index (χ3v) is 5.07. The van der Waals surface area contributed by atoms with Crippen molar-refractivity contribution in [2.75, 3.05) is 0 Å². The number of phenols is 2. The molecule has 1 heterocycles. The fourth-order valence-electron chi connectivity index (χ4n) is 2.99. The molecule has 2 N–H and O–H groups in total. The highest BCUT2D eigenvalue weighted by atomic mass is 32.1. The Morgan fingerprint density at radius 3 is 2.85 bits per heavy atom. The topological polar surface area (TPSA) is 53.4 Å². The summed E-state index contributed by atoms with van der Waals surface area (Å²) < 4.78 is 0. The maximum Gasteiger partial charge on any atom is 0.128 e. The van der Waals surface area contributed by atoms with Gasteiger partial charge in [-0.25, -0.2) is 4.98 Å². The number of phenolic OH excluding ortho intramolecular Hbond substituents is 2. The molecule has 0 aliphatic heterocycles. The van der Waals surface area contributed by atoms with Crippen molar-refractivity contribution < 1.29 is 10.2 Å².